The molecule has 3 aromatic carbocycles. The van der Waals surface area contributed by atoms with Gasteiger partial charge in [0.2, 0.25) is 0 Å². The number of halogens is 2. The molecule has 0 fully saturated rings. The van der Waals surface area contributed by atoms with Gasteiger partial charge in [-0.2, -0.15) is 0 Å². The first-order chi connectivity index (χ1) is 15.9. The number of nitrogens with zero attached hydrogens (tertiary/aromatic N) is 1. The van der Waals surface area contributed by atoms with Crippen LogP contribution in [0.15, 0.2) is 65.2 Å². The molecule has 7 heteroatoms. The van der Waals surface area contributed by atoms with Gasteiger partial charge in [-0.25, -0.2) is 0 Å². The Bertz CT molecular complexity index is 1280. The van der Waals surface area contributed by atoms with Crippen LogP contribution in [0.25, 0.3) is 22.4 Å². The maximum absolute atomic E-state index is 9.79. The van der Waals surface area contributed by atoms with Crippen molar-refractivity contribution >= 4 is 29.4 Å². The smallest absolute Gasteiger partial charge is 0.146 e. The van der Waals surface area contributed by atoms with Crippen molar-refractivity contribution < 1.29 is 14.4 Å². The third kappa shape index (κ3) is 4.75. The van der Waals surface area contributed by atoms with Gasteiger partial charge in [-0.3, -0.25) is 0 Å². The second kappa shape index (κ2) is 9.69. The highest BCUT2D eigenvalue weighted by molar-refractivity contribution is 6.39. The third-order valence-corrected chi connectivity index (χ3v) is 5.93. The molecule has 0 amide bonds. The fraction of sp³-hybridized carbons (Fsp3) is 0.154. The molecule has 1 aromatic heterocycles. The predicted octanol–water partition coefficient (Wildman–Crippen LogP) is 7.72. The number of hydrogen-bond donors (Lipinski definition) is 2. The summed E-state index contributed by atoms with van der Waals surface area (Å²) >= 11 is 12.8. The lowest BCUT2D eigenvalue weighted by Gasteiger charge is -2.11. The molecule has 1 heterocycles. The lowest BCUT2D eigenvalue weighted by molar-refractivity contribution is 0.298. The van der Waals surface area contributed by atoms with E-state index in [-0.39, 0.29) is 18.3 Å². The first-order valence-electron chi connectivity index (χ1n) is 10.4. The monoisotopic (exact) mass is 480 g/mol. The van der Waals surface area contributed by atoms with E-state index < -0.39 is 0 Å². The van der Waals surface area contributed by atoms with Crippen LogP contribution in [0.1, 0.15) is 36.7 Å². The van der Waals surface area contributed by atoms with E-state index in [2.05, 4.69) is 5.16 Å². The molecule has 0 unspecified atom stereocenters. The van der Waals surface area contributed by atoms with Crippen molar-refractivity contribution in [2.45, 2.75) is 26.4 Å². The van der Waals surface area contributed by atoms with Crippen LogP contribution in [0.3, 0.4) is 0 Å². The largest absolute Gasteiger partial charge is 0.507 e. The molecule has 2 N–H and O–H groups in total. The van der Waals surface area contributed by atoms with Crippen molar-refractivity contribution in [1.29, 1.82) is 5.41 Å². The highest BCUT2D eigenvalue weighted by Gasteiger charge is 2.23. The predicted molar refractivity (Wildman–Crippen MR) is 132 cm³/mol. The van der Waals surface area contributed by atoms with Crippen LogP contribution in [0.2, 0.25) is 10.0 Å². The molecule has 0 aliphatic heterocycles. The van der Waals surface area contributed by atoms with Crippen LogP contribution in [0.4, 0.5) is 0 Å². The zero-order valence-corrected chi connectivity index (χ0v) is 19.6. The third-order valence-electron chi connectivity index (χ3n) is 5.30. The molecule has 0 spiro atoms. The Morgan fingerprint density at radius 1 is 1.03 bits per heavy atom. The highest BCUT2D eigenvalue weighted by atomic mass is 35.5. The van der Waals surface area contributed by atoms with Gasteiger partial charge in [0.05, 0.1) is 15.6 Å². The molecular formula is C26H22Cl2N2O3. The Hall–Kier alpha value is -3.28. The average molecular weight is 481 g/mol. The summed E-state index contributed by atoms with van der Waals surface area (Å²) in [5.74, 6) is 1.58. The number of phenols is 1. The zero-order valence-electron chi connectivity index (χ0n) is 18.1. The van der Waals surface area contributed by atoms with E-state index in [1.54, 1.807) is 30.3 Å². The maximum Gasteiger partial charge on any atom is 0.146 e. The van der Waals surface area contributed by atoms with Gasteiger partial charge in [-0.1, -0.05) is 66.5 Å². The summed E-state index contributed by atoms with van der Waals surface area (Å²) in [6.45, 7) is 4.29. The van der Waals surface area contributed by atoms with Crippen molar-refractivity contribution in [1.82, 2.24) is 5.16 Å². The molecule has 33 heavy (non-hydrogen) atoms. The number of phenolic OH excluding ortho intramolecular Hbond substituents is 1. The van der Waals surface area contributed by atoms with Crippen LogP contribution in [-0.2, 0) is 6.61 Å². The molecule has 5 nitrogen and oxygen atoms in total. The normalized spacial score (nSPS) is 11.1. The van der Waals surface area contributed by atoms with Crippen LogP contribution in [-0.4, -0.2) is 16.5 Å². The molecule has 0 aliphatic carbocycles. The summed E-state index contributed by atoms with van der Waals surface area (Å²) in [5.41, 5.74) is 4.32. The number of aromatic hydroxyl groups is 1. The van der Waals surface area contributed by atoms with E-state index in [9.17, 15) is 5.11 Å². The van der Waals surface area contributed by atoms with Crippen LogP contribution in [0, 0.1) is 5.41 Å². The number of rotatable bonds is 7. The van der Waals surface area contributed by atoms with Crippen LogP contribution in [0.5, 0.6) is 11.5 Å². The zero-order chi connectivity index (χ0) is 23.5. The number of benzene rings is 3. The maximum atomic E-state index is 9.79. The Labute approximate surface area is 202 Å². The Morgan fingerprint density at radius 2 is 1.70 bits per heavy atom. The summed E-state index contributed by atoms with van der Waals surface area (Å²) < 4.78 is 11.7. The highest BCUT2D eigenvalue weighted by Crippen LogP contribution is 2.39. The molecular weight excluding hydrogens is 459 g/mol. The van der Waals surface area contributed by atoms with Gasteiger partial charge in [0.15, 0.2) is 0 Å². The van der Waals surface area contributed by atoms with E-state index in [1.807, 2.05) is 44.2 Å². The molecule has 0 bridgehead atoms. The van der Waals surface area contributed by atoms with Crippen molar-refractivity contribution in [2.24, 2.45) is 0 Å². The van der Waals surface area contributed by atoms with Crippen LogP contribution < -0.4 is 4.74 Å². The summed E-state index contributed by atoms with van der Waals surface area (Å²) in [6.07, 6.45) is 1.13. The van der Waals surface area contributed by atoms with Gasteiger partial charge >= 0.3 is 0 Å². The summed E-state index contributed by atoms with van der Waals surface area (Å²) in [5, 5.41) is 22.5. The van der Waals surface area contributed by atoms with E-state index >= 15 is 0 Å². The van der Waals surface area contributed by atoms with Gasteiger partial charge in [0.25, 0.3) is 0 Å². The van der Waals surface area contributed by atoms with Gasteiger partial charge < -0.3 is 19.8 Å². The van der Waals surface area contributed by atoms with Crippen molar-refractivity contribution in [3.05, 3.63) is 87.6 Å². The number of hydrogen-bond acceptors (Lipinski definition) is 5. The summed E-state index contributed by atoms with van der Waals surface area (Å²) in [6, 6.07) is 18.1. The summed E-state index contributed by atoms with van der Waals surface area (Å²) in [7, 11) is 0. The number of ether oxygens (including phenoxy) is 1. The van der Waals surface area contributed by atoms with Crippen LogP contribution >= 0.6 is 23.2 Å². The molecule has 0 aliphatic rings. The fourth-order valence-corrected chi connectivity index (χ4v) is 4.16. The van der Waals surface area contributed by atoms with Gasteiger partial charge in [-0.05, 0) is 47.5 Å². The molecule has 0 saturated heterocycles. The minimum absolute atomic E-state index is 0.0813. The Balaban J connectivity index is 1.60. The van der Waals surface area contributed by atoms with E-state index in [0.29, 0.717) is 32.6 Å². The summed E-state index contributed by atoms with van der Waals surface area (Å²) in [4.78, 5) is 0. The first-order valence-corrected chi connectivity index (χ1v) is 11.1. The van der Waals surface area contributed by atoms with E-state index in [1.165, 1.54) is 0 Å². The van der Waals surface area contributed by atoms with Gasteiger partial charge in [0, 0.05) is 23.3 Å². The quantitative estimate of drug-likeness (QED) is 0.265. The lowest BCUT2D eigenvalue weighted by Crippen LogP contribution is -2.01. The second-order valence-corrected chi connectivity index (χ2v) is 8.67. The molecule has 0 atom stereocenters. The average Bonchev–Trinajstić information content (AvgIpc) is 3.22. The molecule has 168 valence electrons. The Kier molecular flexibility index (Phi) is 6.72. The minimum Gasteiger partial charge on any atom is -0.507 e. The van der Waals surface area contributed by atoms with Gasteiger partial charge in [-0.15, -0.1) is 0 Å². The Morgan fingerprint density at radius 3 is 2.33 bits per heavy atom. The van der Waals surface area contributed by atoms with Gasteiger partial charge in [0.1, 0.15) is 29.6 Å². The first kappa shape index (κ1) is 22.9. The molecule has 4 aromatic rings. The molecule has 0 radical (unpaired) electrons. The van der Waals surface area contributed by atoms with Crippen molar-refractivity contribution in [3.63, 3.8) is 0 Å². The molecule has 0 saturated carbocycles. The lowest BCUT2D eigenvalue weighted by atomic mass is 10.0. The van der Waals surface area contributed by atoms with E-state index in [0.717, 1.165) is 28.7 Å². The van der Waals surface area contributed by atoms with Crippen molar-refractivity contribution in [3.8, 4) is 33.9 Å². The number of aromatic nitrogens is 1. The van der Waals surface area contributed by atoms with Crippen molar-refractivity contribution in [2.75, 3.05) is 0 Å². The van der Waals surface area contributed by atoms with E-state index in [4.69, 9.17) is 37.9 Å². The molecule has 4 rings (SSSR count). The minimum atomic E-state index is 0.0813. The fourth-order valence-electron chi connectivity index (χ4n) is 3.58. The standard InChI is InChI=1S/C26H22Cl2N2O3/c1-15(2)26-20(25(30-33-26)24-21(27)4-3-5-22(24)28)14-32-19-9-6-16(7-10-19)17-8-11-23(31)18(12-17)13-29/h3-13,15,29,31H,14H2,1-2H3. The SMILES string of the molecule is CC(C)c1onc(-c2c(Cl)cccc2Cl)c1COc1ccc(-c2ccc(O)c(C=N)c2)cc1. The number of nitrogens with one attached hydrogen (secondary N) is 1. The topological polar surface area (TPSA) is 79.3 Å². The second-order valence-electron chi connectivity index (χ2n) is 7.86.